The minimum atomic E-state index is 0.149. The first-order valence-corrected chi connectivity index (χ1v) is 7.39. The zero-order valence-electron chi connectivity index (χ0n) is 11.8. The van der Waals surface area contributed by atoms with Crippen LogP contribution in [-0.2, 0) is 4.79 Å². The summed E-state index contributed by atoms with van der Waals surface area (Å²) in [5.74, 6) is 6.12. The Bertz CT molecular complexity index is 505. The summed E-state index contributed by atoms with van der Waals surface area (Å²) in [6.07, 6.45) is 6.87. The second kappa shape index (κ2) is 7.72. The summed E-state index contributed by atoms with van der Waals surface area (Å²) in [5, 5.41) is 3.02. The van der Waals surface area contributed by atoms with Gasteiger partial charge in [0.2, 0.25) is 5.91 Å². The van der Waals surface area contributed by atoms with Crippen LogP contribution in [0.4, 0.5) is 5.69 Å². The molecule has 0 spiro atoms. The second-order valence-electron chi connectivity index (χ2n) is 5.26. The molecule has 0 bridgehead atoms. The maximum absolute atomic E-state index is 12.3. The predicted octanol–water partition coefficient (Wildman–Crippen LogP) is 2.91. The van der Waals surface area contributed by atoms with E-state index in [4.69, 9.17) is 5.73 Å². The molecule has 3 heteroatoms. The Kier molecular flexibility index (Phi) is 5.64. The van der Waals surface area contributed by atoms with Gasteiger partial charge in [-0.1, -0.05) is 43.6 Å². The number of rotatable bonds is 2. The largest absolute Gasteiger partial charge is 0.326 e. The smallest absolute Gasteiger partial charge is 0.227 e. The van der Waals surface area contributed by atoms with Crippen LogP contribution in [0.3, 0.4) is 0 Å². The Morgan fingerprint density at radius 1 is 1.25 bits per heavy atom. The first-order chi connectivity index (χ1) is 9.79. The van der Waals surface area contributed by atoms with Crippen LogP contribution in [0.1, 0.15) is 44.1 Å². The summed E-state index contributed by atoms with van der Waals surface area (Å²) in [5.41, 5.74) is 7.07. The summed E-state index contributed by atoms with van der Waals surface area (Å²) in [4.78, 5) is 12.3. The van der Waals surface area contributed by atoms with Gasteiger partial charge < -0.3 is 11.1 Å². The average molecular weight is 270 g/mol. The van der Waals surface area contributed by atoms with Crippen LogP contribution in [0.25, 0.3) is 0 Å². The Labute approximate surface area is 120 Å². The predicted molar refractivity (Wildman–Crippen MR) is 82.2 cm³/mol. The standard InChI is InChI=1S/C17H22N2O/c18-12-6-8-14-7-5-11-16(13-14)19-17(20)15-9-3-1-2-4-10-15/h5,7,11,13,15H,1-4,9-10,12,18H2,(H,19,20). The molecule has 0 atom stereocenters. The van der Waals surface area contributed by atoms with Crippen molar-refractivity contribution in [1.29, 1.82) is 0 Å². The Balaban J connectivity index is 1.99. The molecule has 0 aliphatic heterocycles. The highest BCUT2D eigenvalue weighted by atomic mass is 16.1. The molecule has 1 aromatic rings. The number of carbonyl (C=O) groups is 1. The molecule has 0 saturated heterocycles. The fourth-order valence-electron chi connectivity index (χ4n) is 2.61. The fourth-order valence-corrected chi connectivity index (χ4v) is 2.61. The van der Waals surface area contributed by atoms with E-state index < -0.39 is 0 Å². The van der Waals surface area contributed by atoms with Crippen LogP contribution in [0.2, 0.25) is 0 Å². The van der Waals surface area contributed by atoms with E-state index >= 15 is 0 Å². The Morgan fingerprint density at radius 2 is 2.00 bits per heavy atom. The third-order valence-corrected chi connectivity index (χ3v) is 3.69. The normalized spacial score (nSPS) is 15.8. The van der Waals surface area contributed by atoms with Crippen molar-refractivity contribution in [3.63, 3.8) is 0 Å². The van der Waals surface area contributed by atoms with E-state index in [0.717, 1.165) is 24.1 Å². The van der Waals surface area contributed by atoms with Gasteiger partial charge in [-0.05, 0) is 31.0 Å². The molecule has 0 radical (unpaired) electrons. The lowest BCUT2D eigenvalue weighted by Crippen LogP contribution is -2.22. The molecule has 0 aromatic heterocycles. The molecular formula is C17H22N2O. The number of nitrogens with two attached hydrogens (primary N) is 1. The first-order valence-electron chi connectivity index (χ1n) is 7.39. The number of amides is 1. The topological polar surface area (TPSA) is 55.1 Å². The maximum Gasteiger partial charge on any atom is 0.227 e. The minimum absolute atomic E-state index is 0.149. The first kappa shape index (κ1) is 14.6. The summed E-state index contributed by atoms with van der Waals surface area (Å²) in [6.45, 7) is 0.346. The van der Waals surface area contributed by atoms with Crippen molar-refractivity contribution in [2.24, 2.45) is 11.7 Å². The lowest BCUT2D eigenvalue weighted by atomic mass is 9.99. The van der Waals surface area contributed by atoms with E-state index in [1.807, 2.05) is 24.3 Å². The van der Waals surface area contributed by atoms with E-state index in [1.165, 1.54) is 25.7 Å². The van der Waals surface area contributed by atoms with Gasteiger partial charge in [0.15, 0.2) is 0 Å². The summed E-state index contributed by atoms with van der Waals surface area (Å²) in [6, 6.07) is 7.63. The van der Waals surface area contributed by atoms with E-state index in [2.05, 4.69) is 17.2 Å². The lowest BCUT2D eigenvalue weighted by Gasteiger charge is -2.14. The van der Waals surface area contributed by atoms with Crippen molar-refractivity contribution in [3.05, 3.63) is 29.8 Å². The fraction of sp³-hybridized carbons (Fsp3) is 0.471. The number of benzene rings is 1. The van der Waals surface area contributed by atoms with E-state index in [-0.39, 0.29) is 11.8 Å². The quantitative estimate of drug-likeness (QED) is 0.641. The third-order valence-electron chi connectivity index (χ3n) is 3.69. The molecular weight excluding hydrogens is 248 g/mol. The number of nitrogens with one attached hydrogen (secondary N) is 1. The average Bonchev–Trinajstić information content (AvgIpc) is 2.74. The van der Waals surface area contributed by atoms with Crippen molar-refractivity contribution >= 4 is 11.6 Å². The van der Waals surface area contributed by atoms with Crippen molar-refractivity contribution in [2.75, 3.05) is 11.9 Å². The molecule has 1 aliphatic carbocycles. The van der Waals surface area contributed by atoms with Gasteiger partial charge in [0, 0.05) is 17.2 Å². The SMILES string of the molecule is NCC#Cc1cccc(NC(=O)C2CCCCCC2)c1. The van der Waals surface area contributed by atoms with Crippen LogP contribution in [0.5, 0.6) is 0 Å². The monoisotopic (exact) mass is 270 g/mol. The zero-order valence-corrected chi connectivity index (χ0v) is 11.8. The van der Waals surface area contributed by atoms with Gasteiger partial charge in [-0.15, -0.1) is 0 Å². The van der Waals surface area contributed by atoms with E-state index in [0.29, 0.717) is 6.54 Å². The molecule has 20 heavy (non-hydrogen) atoms. The highest BCUT2D eigenvalue weighted by Gasteiger charge is 2.19. The minimum Gasteiger partial charge on any atom is -0.326 e. The number of carbonyl (C=O) groups excluding carboxylic acids is 1. The molecule has 1 amide bonds. The van der Waals surface area contributed by atoms with Crippen LogP contribution in [0, 0.1) is 17.8 Å². The zero-order chi connectivity index (χ0) is 14.2. The molecule has 1 aliphatic rings. The molecule has 0 heterocycles. The van der Waals surface area contributed by atoms with Crippen molar-refractivity contribution in [2.45, 2.75) is 38.5 Å². The van der Waals surface area contributed by atoms with E-state index in [9.17, 15) is 4.79 Å². The summed E-state index contributed by atoms with van der Waals surface area (Å²) in [7, 11) is 0. The molecule has 106 valence electrons. The summed E-state index contributed by atoms with van der Waals surface area (Å²) >= 11 is 0. The lowest BCUT2D eigenvalue weighted by molar-refractivity contribution is -0.120. The molecule has 2 rings (SSSR count). The van der Waals surface area contributed by atoms with E-state index in [1.54, 1.807) is 0 Å². The van der Waals surface area contributed by atoms with Gasteiger partial charge >= 0.3 is 0 Å². The van der Waals surface area contributed by atoms with Crippen LogP contribution in [0.15, 0.2) is 24.3 Å². The van der Waals surface area contributed by atoms with Crippen molar-refractivity contribution in [3.8, 4) is 11.8 Å². The second-order valence-corrected chi connectivity index (χ2v) is 5.26. The number of hydrogen-bond donors (Lipinski definition) is 2. The highest BCUT2D eigenvalue weighted by Crippen LogP contribution is 2.24. The number of hydrogen-bond acceptors (Lipinski definition) is 2. The highest BCUT2D eigenvalue weighted by molar-refractivity contribution is 5.92. The molecule has 3 N–H and O–H groups in total. The van der Waals surface area contributed by atoms with Gasteiger partial charge in [0.25, 0.3) is 0 Å². The van der Waals surface area contributed by atoms with Crippen LogP contribution < -0.4 is 11.1 Å². The molecule has 1 aromatic carbocycles. The molecule has 1 fully saturated rings. The van der Waals surface area contributed by atoms with Gasteiger partial charge in [0.05, 0.1) is 6.54 Å². The third kappa shape index (κ3) is 4.40. The van der Waals surface area contributed by atoms with Crippen LogP contribution in [-0.4, -0.2) is 12.5 Å². The van der Waals surface area contributed by atoms with Gasteiger partial charge in [-0.2, -0.15) is 0 Å². The Morgan fingerprint density at radius 3 is 2.70 bits per heavy atom. The van der Waals surface area contributed by atoms with Gasteiger partial charge in [0.1, 0.15) is 0 Å². The molecule has 3 nitrogen and oxygen atoms in total. The van der Waals surface area contributed by atoms with Crippen LogP contribution >= 0.6 is 0 Å². The van der Waals surface area contributed by atoms with Crippen molar-refractivity contribution in [1.82, 2.24) is 0 Å². The Hall–Kier alpha value is -1.79. The van der Waals surface area contributed by atoms with Gasteiger partial charge in [-0.25, -0.2) is 0 Å². The maximum atomic E-state index is 12.3. The molecule has 0 unspecified atom stereocenters. The summed E-state index contributed by atoms with van der Waals surface area (Å²) < 4.78 is 0. The van der Waals surface area contributed by atoms with Crippen molar-refractivity contribution < 1.29 is 4.79 Å². The molecule has 1 saturated carbocycles. The number of anilines is 1. The van der Waals surface area contributed by atoms with Gasteiger partial charge in [-0.3, -0.25) is 4.79 Å².